The Kier molecular flexibility index (Phi) is 1.87. The summed E-state index contributed by atoms with van der Waals surface area (Å²) in [5, 5.41) is 0. The largest absolute Gasteiger partial charge is 0.374 e. The lowest BCUT2D eigenvalue weighted by atomic mass is 10.1. The molecule has 0 spiro atoms. The lowest BCUT2D eigenvalue weighted by Gasteiger charge is -2.10. The van der Waals surface area contributed by atoms with Crippen LogP contribution in [0.5, 0.6) is 0 Å². The van der Waals surface area contributed by atoms with Gasteiger partial charge in [0.15, 0.2) is 0 Å². The summed E-state index contributed by atoms with van der Waals surface area (Å²) in [4.78, 5) is 15.8. The van der Waals surface area contributed by atoms with Crippen LogP contribution in [0, 0.1) is 0 Å². The monoisotopic (exact) mass is 174 g/mol. The SMILES string of the molecule is CN1CCc2cc(N=C=O)ccc21. The van der Waals surface area contributed by atoms with E-state index in [1.165, 1.54) is 11.3 Å². The summed E-state index contributed by atoms with van der Waals surface area (Å²) in [6.45, 7) is 1.05. The minimum atomic E-state index is 0.698. The van der Waals surface area contributed by atoms with Crippen LogP contribution in [0.1, 0.15) is 5.56 Å². The van der Waals surface area contributed by atoms with E-state index in [-0.39, 0.29) is 0 Å². The molecule has 0 aliphatic carbocycles. The Labute approximate surface area is 76.7 Å². The van der Waals surface area contributed by atoms with Crippen LogP contribution < -0.4 is 4.90 Å². The maximum absolute atomic E-state index is 10.0. The first-order valence-corrected chi connectivity index (χ1v) is 4.23. The number of benzene rings is 1. The third kappa shape index (κ3) is 1.34. The highest BCUT2D eigenvalue weighted by Crippen LogP contribution is 2.29. The molecule has 0 aromatic heterocycles. The van der Waals surface area contributed by atoms with Crippen LogP contribution in [-0.4, -0.2) is 19.7 Å². The molecule has 1 heterocycles. The van der Waals surface area contributed by atoms with Crippen LogP contribution in [0.3, 0.4) is 0 Å². The number of fused-ring (bicyclic) bond motifs is 1. The fourth-order valence-electron chi connectivity index (χ4n) is 1.68. The molecule has 66 valence electrons. The summed E-state index contributed by atoms with van der Waals surface area (Å²) in [6.07, 6.45) is 2.58. The number of aliphatic imine (C=N–C) groups is 1. The van der Waals surface area contributed by atoms with E-state index in [9.17, 15) is 4.79 Å². The zero-order chi connectivity index (χ0) is 9.26. The third-order valence-electron chi connectivity index (χ3n) is 2.37. The van der Waals surface area contributed by atoms with Gasteiger partial charge in [-0.25, -0.2) is 4.79 Å². The molecule has 13 heavy (non-hydrogen) atoms. The van der Waals surface area contributed by atoms with Crippen molar-refractivity contribution >= 4 is 17.5 Å². The first-order valence-electron chi connectivity index (χ1n) is 4.23. The zero-order valence-electron chi connectivity index (χ0n) is 7.45. The number of anilines is 1. The molecular weight excluding hydrogens is 164 g/mol. The van der Waals surface area contributed by atoms with Crippen molar-refractivity contribution in [2.24, 2.45) is 4.99 Å². The van der Waals surface area contributed by atoms with Gasteiger partial charge in [-0.2, -0.15) is 4.99 Å². The Hall–Kier alpha value is -1.60. The molecule has 1 aliphatic rings. The van der Waals surface area contributed by atoms with Gasteiger partial charge in [0.25, 0.3) is 0 Å². The van der Waals surface area contributed by atoms with Gasteiger partial charge in [-0.3, -0.25) is 0 Å². The number of likely N-dealkylation sites (N-methyl/N-ethyl adjacent to an activating group) is 1. The fraction of sp³-hybridized carbons (Fsp3) is 0.300. The molecular formula is C10H10N2O. The summed E-state index contributed by atoms with van der Waals surface area (Å²) in [7, 11) is 2.06. The molecule has 0 unspecified atom stereocenters. The van der Waals surface area contributed by atoms with Crippen molar-refractivity contribution in [2.75, 3.05) is 18.5 Å². The molecule has 0 fully saturated rings. The van der Waals surface area contributed by atoms with Crippen LogP contribution in [0.4, 0.5) is 11.4 Å². The van der Waals surface area contributed by atoms with E-state index in [4.69, 9.17) is 0 Å². The molecule has 1 aromatic rings. The quantitative estimate of drug-likeness (QED) is 0.479. The van der Waals surface area contributed by atoms with Gasteiger partial charge in [-0.1, -0.05) is 0 Å². The van der Waals surface area contributed by atoms with Crippen molar-refractivity contribution in [1.29, 1.82) is 0 Å². The van der Waals surface area contributed by atoms with Crippen LogP contribution in [0.15, 0.2) is 23.2 Å². The smallest absolute Gasteiger partial charge is 0.240 e. The topological polar surface area (TPSA) is 32.7 Å². The molecule has 0 N–H and O–H groups in total. The molecule has 0 saturated heterocycles. The van der Waals surface area contributed by atoms with Crippen molar-refractivity contribution < 1.29 is 4.79 Å². The van der Waals surface area contributed by atoms with E-state index in [0.717, 1.165) is 13.0 Å². The Balaban J connectivity index is 2.45. The Bertz CT molecular complexity index is 381. The van der Waals surface area contributed by atoms with Gasteiger partial charge in [0.05, 0.1) is 5.69 Å². The average molecular weight is 174 g/mol. The maximum Gasteiger partial charge on any atom is 0.240 e. The molecule has 3 heteroatoms. The van der Waals surface area contributed by atoms with Gasteiger partial charge < -0.3 is 4.90 Å². The number of hydrogen-bond acceptors (Lipinski definition) is 3. The normalized spacial score (nSPS) is 13.8. The van der Waals surface area contributed by atoms with Crippen molar-refractivity contribution in [3.05, 3.63) is 23.8 Å². The van der Waals surface area contributed by atoms with E-state index in [1.807, 2.05) is 18.2 Å². The molecule has 1 aliphatic heterocycles. The highest BCUT2D eigenvalue weighted by Gasteiger charge is 2.14. The lowest BCUT2D eigenvalue weighted by Crippen LogP contribution is -2.12. The summed E-state index contributed by atoms with van der Waals surface area (Å²) in [6, 6.07) is 5.79. The minimum Gasteiger partial charge on any atom is -0.374 e. The van der Waals surface area contributed by atoms with Crippen molar-refractivity contribution in [2.45, 2.75) is 6.42 Å². The van der Waals surface area contributed by atoms with Crippen molar-refractivity contribution in [1.82, 2.24) is 0 Å². The Morgan fingerprint density at radius 2 is 2.38 bits per heavy atom. The second-order valence-corrected chi connectivity index (χ2v) is 3.19. The van der Waals surface area contributed by atoms with E-state index in [1.54, 1.807) is 6.08 Å². The van der Waals surface area contributed by atoms with Crippen molar-refractivity contribution in [3.63, 3.8) is 0 Å². The Morgan fingerprint density at radius 1 is 1.54 bits per heavy atom. The van der Waals surface area contributed by atoms with Gasteiger partial charge in [-0.05, 0) is 30.2 Å². The van der Waals surface area contributed by atoms with Gasteiger partial charge in [0.1, 0.15) is 0 Å². The second kappa shape index (κ2) is 3.04. The maximum atomic E-state index is 10.0. The molecule has 1 aromatic carbocycles. The van der Waals surface area contributed by atoms with Crippen LogP contribution in [0.25, 0.3) is 0 Å². The fourth-order valence-corrected chi connectivity index (χ4v) is 1.68. The highest BCUT2D eigenvalue weighted by atomic mass is 16.1. The summed E-state index contributed by atoms with van der Waals surface area (Å²) < 4.78 is 0. The summed E-state index contributed by atoms with van der Waals surface area (Å²) in [5.41, 5.74) is 3.20. The van der Waals surface area contributed by atoms with E-state index in [2.05, 4.69) is 16.9 Å². The number of carbonyl (C=O) groups excluding carboxylic acids is 1. The van der Waals surface area contributed by atoms with Gasteiger partial charge >= 0.3 is 0 Å². The first kappa shape index (κ1) is 8.02. The van der Waals surface area contributed by atoms with E-state index >= 15 is 0 Å². The number of hydrogen-bond donors (Lipinski definition) is 0. The van der Waals surface area contributed by atoms with E-state index < -0.39 is 0 Å². The van der Waals surface area contributed by atoms with Crippen LogP contribution in [0.2, 0.25) is 0 Å². The molecule has 0 bridgehead atoms. The van der Waals surface area contributed by atoms with Crippen molar-refractivity contribution in [3.8, 4) is 0 Å². The molecule has 0 radical (unpaired) electrons. The van der Waals surface area contributed by atoms with Crippen LogP contribution >= 0.6 is 0 Å². The second-order valence-electron chi connectivity index (χ2n) is 3.19. The predicted octanol–water partition coefficient (Wildman–Crippen LogP) is 1.65. The predicted molar refractivity (Wildman–Crippen MR) is 51.2 cm³/mol. The summed E-state index contributed by atoms with van der Waals surface area (Å²) >= 11 is 0. The van der Waals surface area contributed by atoms with Gasteiger partial charge in [-0.15, -0.1) is 0 Å². The minimum absolute atomic E-state index is 0.698. The Morgan fingerprint density at radius 3 is 3.15 bits per heavy atom. The van der Waals surface area contributed by atoms with Gasteiger partial charge in [0, 0.05) is 19.3 Å². The molecule has 0 saturated carbocycles. The molecule has 0 amide bonds. The third-order valence-corrected chi connectivity index (χ3v) is 2.37. The van der Waals surface area contributed by atoms with Gasteiger partial charge in [0.2, 0.25) is 6.08 Å². The van der Waals surface area contributed by atoms with E-state index in [0.29, 0.717) is 5.69 Å². The molecule has 0 atom stereocenters. The van der Waals surface area contributed by atoms with Crippen LogP contribution in [-0.2, 0) is 11.2 Å². The molecule has 3 nitrogen and oxygen atoms in total. The molecule has 2 rings (SSSR count). The first-order chi connectivity index (χ1) is 6.31. The number of isocyanates is 1. The zero-order valence-corrected chi connectivity index (χ0v) is 7.45. The average Bonchev–Trinajstić information content (AvgIpc) is 2.48. The lowest BCUT2D eigenvalue weighted by molar-refractivity contribution is 0.565. The summed E-state index contributed by atoms with van der Waals surface area (Å²) in [5.74, 6) is 0. The number of nitrogens with zero attached hydrogens (tertiary/aromatic N) is 2. The standard InChI is InChI=1S/C10H10N2O/c1-12-5-4-8-6-9(11-7-13)2-3-10(8)12/h2-3,6H,4-5H2,1H3. The number of rotatable bonds is 1. The highest BCUT2D eigenvalue weighted by molar-refractivity contribution is 5.63.